The van der Waals surface area contributed by atoms with Crippen molar-refractivity contribution in [1.29, 1.82) is 0 Å². The normalized spacial score (nSPS) is 16.2. The maximum Gasteiger partial charge on any atom is 0.325 e. The molecule has 16 N–H and O–H groups in total. The van der Waals surface area contributed by atoms with E-state index in [1.165, 1.54) is 27.7 Å². The third-order valence-corrected chi connectivity index (χ3v) is 9.37. The van der Waals surface area contributed by atoms with Crippen LogP contribution in [0.4, 0.5) is 0 Å². The van der Waals surface area contributed by atoms with Crippen LogP contribution in [0.5, 0.6) is 0 Å². The van der Waals surface area contributed by atoms with E-state index in [2.05, 4.69) is 52.8 Å². The Kier molecular flexibility index (Phi) is 26.9. The highest BCUT2D eigenvalue weighted by molar-refractivity contribution is 5.98. The van der Waals surface area contributed by atoms with Gasteiger partial charge in [0.05, 0.1) is 18.2 Å². The molecule has 0 aromatic carbocycles. The van der Waals surface area contributed by atoms with Gasteiger partial charge in [-0.1, -0.05) is 0 Å². The first kappa shape index (κ1) is 57.3. The highest BCUT2D eigenvalue weighted by Gasteiger charge is 2.35. The molecule has 0 aromatic rings. The van der Waals surface area contributed by atoms with E-state index in [0.29, 0.717) is 38.3 Å². The Balaban J connectivity index is 6.45. The van der Waals surface area contributed by atoms with E-state index in [4.69, 9.17) is 16.6 Å². The van der Waals surface area contributed by atoms with Crippen LogP contribution in [0.15, 0.2) is 4.99 Å². The second-order valence-corrected chi connectivity index (χ2v) is 15.4. The predicted octanol–water partition coefficient (Wildman–Crippen LogP) is -5.81. The Labute approximate surface area is 367 Å². The monoisotopic (exact) mass is 902 g/mol. The van der Waals surface area contributed by atoms with Crippen molar-refractivity contribution < 1.29 is 58.5 Å². The fraction of sp³-hybridized carbons (Fsp3) is 0.737. The van der Waals surface area contributed by atoms with Crippen LogP contribution in [0.25, 0.3) is 0 Å². The van der Waals surface area contributed by atoms with E-state index >= 15 is 0 Å². The standard InChI is InChI=1S/C38H71N13O12/c1-19(39)30(55)46-25(14-12-17-43-38(41-6)42-7)33(58)50-29(23(5)53)36(61)48-24(13-10-11-18-51(8)9)32(57)47-26(15-16-27(40)54)34(59)49-28(22(4)52)35(60)44-20(2)31(56)45-21(3)37(62)63/h19-26,28-29,52-53H,10-18,39H2,1-9H3,(H2,40,54)(H,44,60)(H,45,56)(H,46,55)(H,47,57)(H,48,61)(H,49,59)(H,50,58)(H,62,63)(H2,41,42,43)/t19-,20-,21-,22+,23+,24-,25-,26-,28-,29-/m0/s1. The number of carboxylic acids is 1. The fourth-order valence-electron chi connectivity index (χ4n) is 5.59. The third kappa shape index (κ3) is 22.8. The van der Waals surface area contributed by atoms with Gasteiger partial charge in [0, 0.05) is 27.1 Å². The number of amides is 8. The molecule has 0 saturated carbocycles. The lowest BCUT2D eigenvalue weighted by Crippen LogP contribution is -2.62. The molecule has 25 heteroatoms. The number of aliphatic hydroxyl groups excluding tert-OH is 2. The summed E-state index contributed by atoms with van der Waals surface area (Å²) < 4.78 is 0. The lowest BCUT2D eigenvalue weighted by molar-refractivity contribution is -0.141. The van der Waals surface area contributed by atoms with Gasteiger partial charge >= 0.3 is 5.97 Å². The second kappa shape index (κ2) is 29.6. The summed E-state index contributed by atoms with van der Waals surface area (Å²) in [4.78, 5) is 122. The molecule has 0 aliphatic carbocycles. The van der Waals surface area contributed by atoms with Gasteiger partial charge < -0.3 is 79.5 Å². The number of carbonyl (C=O) groups excluding carboxylic acids is 8. The van der Waals surface area contributed by atoms with Crippen molar-refractivity contribution in [2.45, 2.75) is 140 Å². The number of primary amides is 1. The number of carbonyl (C=O) groups is 9. The molecular weight excluding hydrogens is 830 g/mol. The number of hydrogen-bond donors (Lipinski definition) is 14. The number of nitrogens with two attached hydrogens (primary N) is 2. The first-order chi connectivity index (χ1) is 29.4. The number of hydrogen-bond acceptors (Lipinski definition) is 14. The molecule has 8 amide bonds. The van der Waals surface area contributed by atoms with E-state index < -0.39 is 127 Å². The quantitative estimate of drug-likeness (QED) is 0.0189. The zero-order chi connectivity index (χ0) is 48.6. The molecule has 0 fully saturated rings. The van der Waals surface area contributed by atoms with Crippen LogP contribution in [0.3, 0.4) is 0 Å². The average Bonchev–Trinajstić information content (AvgIpc) is 3.19. The summed E-state index contributed by atoms with van der Waals surface area (Å²) in [6.07, 6.45) is -2.60. The van der Waals surface area contributed by atoms with Gasteiger partial charge in [0.25, 0.3) is 0 Å². The minimum atomic E-state index is -1.72. The maximum absolute atomic E-state index is 13.9. The van der Waals surface area contributed by atoms with Gasteiger partial charge in [0.2, 0.25) is 47.3 Å². The molecule has 0 unspecified atom stereocenters. The number of unbranched alkanes of at least 4 members (excludes halogenated alkanes) is 1. The summed E-state index contributed by atoms with van der Waals surface area (Å²) in [6, 6.07) is -11.1. The van der Waals surface area contributed by atoms with Gasteiger partial charge in [-0.3, -0.25) is 48.1 Å². The van der Waals surface area contributed by atoms with Crippen LogP contribution in [0.2, 0.25) is 0 Å². The highest BCUT2D eigenvalue weighted by Crippen LogP contribution is 2.09. The first-order valence-corrected chi connectivity index (χ1v) is 20.6. The molecule has 0 aliphatic heterocycles. The summed E-state index contributed by atoms with van der Waals surface area (Å²) in [7, 11) is 6.89. The topological polar surface area (TPSA) is 390 Å². The highest BCUT2D eigenvalue weighted by atomic mass is 16.4. The molecule has 0 bridgehead atoms. The van der Waals surface area contributed by atoms with Crippen LogP contribution in [0.1, 0.15) is 79.6 Å². The first-order valence-electron chi connectivity index (χ1n) is 20.6. The molecule has 0 spiro atoms. The van der Waals surface area contributed by atoms with Crippen LogP contribution < -0.4 is 59.3 Å². The minimum Gasteiger partial charge on any atom is -0.480 e. The van der Waals surface area contributed by atoms with Crippen LogP contribution in [-0.4, -0.2) is 181 Å². The summed E-state index contributed by atoms with van der Waals surface area (Å²) in [5.74, 6) is -8.11. The van der Waals surface area contributed by atoms with Crippen molar-refractivity contribution in [3.05, 3.63) is 0 Å². The molecule has 63 heavy (non-hydrogen) atoms. The number of rotatable bonds is 29. The number of nitrogens with zero attached hydrogens (tertiary/aromatic N) is 2. The Morgan fingerprint density at radius 3 is 1.49 bits per heavy atom. The van der Waals surface area contributed by atoms with Crippen molar-refractivity contribution in [1.82, 2.24) is 52.8 Å². The van der Waals surface area contributed by atoms with Gasteiger partial charge in [-0.15, -0.1) is 0 Å². The lowest BCUT2D eigenvalue weighted by atomic mass is 10.0. The van der Waals surface area contributed by atoms with E-state index in [0.717, 1.165) is 6.92 Å². The Morgan fingerprint density at radius 1 is 0.603 bits per heavy atom. The van der Waals surface area contributed by atoms with Crippen molar-refractivity contribution >= 4 is 59.2 Å². The van der Waals surface area contributed by atoms with Crippen molar-refractivity contribution in [3.63, 3.8) is 0 Å². The Morgan fingerprint density at radius 2 is 1.05 bits per heavy atom. The number of nitrogens with one attached hydrogen (secondary N) is 9. The van der Waals surface area contributed by atoms with Gasteiger partial charge in [-0.05, 0) is 93.8 Å². The molecule has 0 aliphatic rings. The second-order valence-electron chi connectivity index (χ2n) is 15.4. The van der Waals surface area contributed by atoms with Gasteiger partial charge in [-0.2, -0.15) is 0 Å². The van der Waals surface area contributed by atoms with Crippen molar-refractivity contribution in [2.75, 3.05) is 41.3 Å². The lowest BCUT2D eigenvalue weighted by Gasteiger charge is -2.29. The summed E-state index contributed by atoms with van der Waals surface area (Å²) >= 11 is 0. The Bertz CT molecular complexity index is 1580. The predicted molar refractivity (Wildman–Crippen MR) is 230 cm³/mol. The summed E-state index contributed by atoms with van der Waals surface area (Å²) in [6.45, 7) is 7.18. The number of aliphatic carboxylic acids is 1. The molecule has 0 radical (unpaired) electrons. The molecule has 10 atom stereocenters. The number of guanidine groups is 1. The summed E-state index contributed by atoms with van der Waals surface area (Å²) in [5.41, 5.74) is 11.1. The number of aliphatic hydroxyl groups is 2. The van der Waals surface area contributed by atoms with E-state index in [1.54, 1.807) is 14.1 Å². The number of aliphatic imine (C=N–C) groups is 1. The Hall–Kier alpha value is -5.66. The fourth-order valence-corrected chi connectivity index (χ4v) is 5.59. The van der Waals surface area contributed by atoms with E-state index in [1.807, 2.05) is 19.0 Å². The number of carboxylic acid groups (broad SMARTS) is 1. The smallest absolute Gasteiger partial charge is 0.325 e. The summed E-state index contributed by atoms with van der Waals surface area (Å²) in [5, 5.41) is 52.8. The third-order valence-electron chi connectivity index (χ3n) is 9.37. The zero-order valence-corrected chi connectivity index (χ0v) is 37.7. The van der Waals surface area contributed by atoms with Crippen molar-refractivity contribution in [3.8, 4) is 0 Å². The van der Waals surface area contributed by atoms with Crippen molar-refractivity contribution in [2.24, 2.45) is 16.5 Å². The average molecular weight is 902 g/mol. The van der Waals surface area contributed by atoms with Crippen LogP contribution >= 0.6 is 0 Å². The molecule has 0 rings (SSSR count). The molecule has 360 valence electrons. The molecule has 25 nitrogen and oxygen atoms in total. The molecular formula is C38H71N13O12. The minimum absolute atomic E-state index is 0.00899. The molecule has 0 saturated heterocycles. The largest absolute Gasteiger partial charge is 0.480 e. The van der Waals surface area contributed by atoms with Gasteiger partial charge in [-0.25, -0.2) is 0 Å². The van der Waals surface area contributed by atoms with E-state index in [-0.39, 0.29) is 12.8 Å². The zero-order valence-electron chi connectivity index (χ0n) is 37.7. The van der Waals surface area contributed by atoms with Gasteiger partial charge in [0.15, 0.2) is 5.96 Å². The SMILES string of the molecule is CN=C(NC)NCCC[C@H](NC(=O)[C@H](C)N)C(=O)N[C@H](C(=O)N[C@@H](CCCCN(C)C)C(=O)N[C@@H](CCC(N)=O)C(=O)N[C@H](C(=O)N[C@@H](C)C(=O)N[C@@H](C)C(=O)O)[C@@H](C)O)[C@@H](C)O. The van der Waals surface area contributed by atoms with Crippen LogP contribution in [0, 0.1) is 0 Å². The maximum atomic E-state index is 13.9. The van der Waals surface area contributed by atoms with Gasteiger partial charge in [0.1, 0.15) is 42.3 Å². The molecule has 0 aromatic heterocycles. The van der Waals surface area contributed by atoms with Crippen LogP contribution in [-0.2, 0) is 43.2 Å². The molecule has 0 heterocycles. The van der Waals surface area contributed by atoms with E-state index in [9.17, 15) is 53.4 Å².